The molecule has 4 heteroatoms. The second-order valence-corrected chi connectivity index (χ2v) is 6.76. The van der Waals surface area contributed by atoms with E-state index in [0.29, 0.717) is 0 Å². The highest BCUT2D eigenvalue weighted by molar-refractivity contribution is 7.93. The lowest BCUT2D eigenvalue weighted by molar-refractivity contribution is -0.120. The lowest BCUT2D eigenvalue weighted by Crippen LogP contribution is -2.43. The lowest BCUT2D eigenvalue weighted by atomic mass is 10.0. The Bertz CT molecular complexity index is 241. The minimum atomic E-state index is -0.946. The van der Waals surface area contributed by atoms with Crippen LogP contribution in [0.25, 0.3) is 0 Å². The van der Waals surface area contributed by atoms with Gasteiger partial charge in [-0.1, -0.05) is 6.42 Å². The van der Waals surface area contributed by atoms with E-state index >= 15 is 0 Å². The van der Waals surface area contributed by atoms with Gasteiger partial charge in [0.25, 0.3) is 5.91 Å². The SMILES string of the molecule is O=C1NCCCCC1[S+]([O-])C1CCCCC1. The first kappa shape index (κ1) is 12.2. The predicted molar refractivity (Wildman–Crippen MR) is 65.7 cm³/mol. The Morgan fingerprint density at radius 3 is 2.50 bits per heavy atom. The molecule has 1 N–H and O–H groups in total. The third kappa shape index (κ3) is 2.92. The highest BCUT2D eigenvalue weighted by atomic mass is 32.2. The van der Waals surface area contributed by atoms with Crippen LogP contribution in [0, 0.1) is 0 Å². The first-order valence-corrected chi connectivity index (χ1v) is 7.74. The number of hydrogen-bond donors (Lipinski definition) is 1. The monoisotopic (exact) mass is 243 g/mol. The molecule has 0 bridgehead atoms. The molecule has 1 saturated heterocycles. The molecular weight excluding hydrogens is 222 g/mol. The number of carbonyl (C=O) groups is 1. The average molecular weight is 243 g/mol. The van der Waals surface area contributed by atoms with Crippen molar-refractivity contribution in [2.75, 3.05) is 6.54 Å². The summed E-state index contributed by atoms with van der Waals surface area (Å²) in [5, 5.41) is 2.93. The van der Waals surface area contributed by atoms with Crippen molar-refractivity contribution in [2.24, 2.45) is 0 Å². The Hall–Kier alpha value is -0.220. The number of rotatable bonds is 2. The van der Waals surface area contributed by atoms with Gasteiger partial charge in [0.05, 0.1) is 0 Å². The molecule has 0 aromatic carbocycles. The second kappa shape index (κ2) is 5.92. The molecule has 3 nitrogen and oxygen atoms in total. The van der Waals surface area contributed by atoms with Crippen molar-refractivity contribution >= 4 is 17.1 Å². The summed E-state index contributed by atoms with van der Waals surface area (Å²) in [7, 11) is 0. The first-order chi connectivity index (χ1) is 7.79. The zero-order chi connectivity index (χ0) is 11.4. The van der Waals surface area contributed by atoms with E-state index in [1.54, 1.807) is 0 Å². The molecule has 0 aromatic rings. The average Bonchev–Trinajstić information content (AvgIpc) is 2.54. The van der Waals surface area contributed by atoms with E-state index in [0.717, 1.165) is 38.6 Å². The van der Waals surface area contributed by atoms with E-state index in [1.165, 1.54) is 19.3 Å². The van der Waals surface area contributed by atoms with Crippen LogP contribution in [0.1, 0.15) is 51.4 Å². The van der Waals surface area contributed by atoms with E-state index in [4.69, 9.17) is 0 Å². The molecule has 1 heterocycles. The van der Waals surface area contributed by atoms with Crippen LogP contribution in [-0.4, -0.2) is 27.5 Å². The maximum atomic E-state index is 12.4. The summed E-state index contributed by atoms with van der Waals surface area (Å²) < 4.78 is 12.4. The van der Waals surface area contributed by atoms with Gasteiger partial charge in [0, 0.05) is 13.0 Å². The van der Waals surface area contributed by atoms with Gasteiger partial charge in [-0.15, -0.1) is 0 Å². The highest BCUT2D eigenvalue weighted by Gasteiger charge is 2.37. The van der Waals surface area contributed by atoms with Crippen LogP contribution in [0.15, 0.2) is 0 Å². The van der Waals surface area contributed by atoms with E-state index in [1.807, 2.05) is 0 Å². The summed E-state index contributed by atoms with van der Waals surface area (Å²) in [6, 6.07) is 0. The van der Waals surface area contributed by atoms with Gasteiger partial charge in [-0.25, -0.2) is 0 Å². The van der Waals surface area contributed by atoms with E-state index in [-0.39, 0.29) is 16.4 Å². The van der Waals surface area contributed by atoms with Gasteiger partial charge in [-0.3, -0.25) is 4.79 Å². The number of amides is 1. The molecule has 2 rings (SSSR count). The standard InChI is InChI=1S/C12H21NO2S/c14-12-11(8-4-5-9-13-12)16(15)10-6-2-1-3-7-10/h10-11H,1-9H2,(H,13,14). The van der Waals surface area contributed by atoms with E-state index in [2.05, 4.69) is 5.32 Å². The number of hydrogen-bond acceptors (Lipinski definition) is 2. The molecule has 1 aliphatic heterocycles. The van der Waals surface area contributed by atoms with Crippen molar-refractivity contribution < 1.29 is 9.35 Å². The highest BCUT2D eigenvalue weighted by Crippen LogP contribution is 2.28. The molecule has 0 radical (unpaired) electrons. The fraction of sp³-hybridized carbons (Fsp3) is 0.917. The Kier molecular flexibility index (Phi) is 4.53. The molecular formula is C12H21NO2S. The molecule has 1 amide bonds. The summed E-state index contributed by atoms with van der Waals surface area (Å²) >= 11 is -0.946. The van der Waals surface area contributed by atoms with Crippen LogP contribution in [0.4, 0.5) is 0 Å². The Morgan fingerprint density at radius 1 is 1.06 bits per heavy atom. The maximum absolute atomic E-state index is 12.4. The van der Waals surface area contributed by atoms with Crippen molar-refractivity contribution in [3.8, 4) is 0 Å². The van der Waals surface area contributed by atoms with Crippen LogP contribution in [0.2, 0.25) is 0 Å². The zero-order valence-corrected chi connectivity index (χ0v) is 10.6. The normalized spacial score (nSPS) is 30.6. The van der Waals surface area contributed by atoms with Gasteiger partial charge in [0.1, 0.15) is 5.25 Å². The molecule has 2 aliphatic rings. The summed E-state index contributed by atoms with van der Waals surface area (Å²) in [6.07, 6.45) is 8.62. The Balaban J connectivity index is 1.95. The van der Waals surface area contributed by atoms with Crippen molar-refractivity contribution in [3.63, 3.8) is 0 Å². The van der Waals surface area contributed by atoms with Gasteiger partial charge in [0.15, 0.2) is 5.25 Å². The molecule has 1 saturated carbocycles. The minimum Gasteiger partial charge on any atom is -0.616 e. The molecule has 92 valence electrons. The van der Waals surface area contributed by atoms with Crippen LogP contribution < -0.4 is 5.32 Å². The van der Waals surface area contributed by atoms with E-state index in [9.17, 15) is 9.35 Å². The molecule has 2 atom stereocenters. The van der Waals surface area contributed by atoms with Crippen LogP contribution in [0.5, 0.6) is 0 Å². The second-order valence-electron chi connectivity index (χ2n) is 4.86. The first-order valence-electron chi connectivity index (χ1n) is 6.46. The van der Waals surface area contributed by atoms with Crippen molar-refractivity contribution in [3.05, 3.63) is 0 Å². The van der Waals surface area contributed by atoms with Crippen LogP contribution >= 0.6 is 0 Å². The topological polar surface area (TPSA) is 52.2 Å². The van der Waals surface area contributed by atoms with Gasteiger partial charge in [-0.2, -0.15) is 0 Å². The Morgan fingerprint density at radius 2 is 1.75 bits per heavy atom. The third-order valence-corrected chi connectivity index (χ3v) is 5.78. The maximum Gasteiger partial charge on any atom is 0.273 e. The molecule has 16 heavy (non-hydrogen) atoms. The number of nitrogens with one attached hydrogen (secondary N) is 1. The summed E-state index contributed by atoms with van der Waals surface area (Å²) in [5.41, 5.74) is 0. The predicted octanol–water partition coefficient (Wildman–Crippen LogP) is 1.74. The van der Waals surface area contributed by atoms with Crippen molar-refractivity contribution in [2.45, 2.75) is 61.9 Å². The number of carbonyl (C=O) groups excluding carboxylic acids is 1. The lowest BCUT2D eigenvalue weighted by Gasteiger charge is -2.29. The fourth-order valence-electron chi connectivity index (χ4n) is 2.66. The van der Waals surface area contributed by atoms with Gasteiger partial charge >= 0.3 is 0 Å². The Labute approximate surface area is 101 Å². The van der Waals surface area contributed by atoms with Gasteiger partial charge < -0.3 is 9.87 Å². The van der Waals surface area contributed by atoms with Gasteiger partial charge in [-0.05, 0) is 49.7 Å². The summed E-state index contributed by atoms with van der Waals surface area (Å²) in [4.78, 5) is 11.8. The van der Waals surface area contributed by atoms with Crippen molar-refractivity contribution in [1.29, 1.82) is 0 Å². The third-order valence-electron chi connectivity index (χ3n) is 3.65. The molecule has 1 aliphatic carbocycles. The summed E-state index contributed by atoms with van der Waals surface area (Å²) in [5.74, 6) is 0.0291. The fourth-order valence-corrected chi connectivity index (χ4v) is 4.62. The summed E-state index contributed by atoms with van der Waals surface area (Å²) in [6.45, 7) is 0.761. The zero-order valence-electron chi connectivity index (χ0n) is 9.74. The molecule has 0 aromatic heterocycles. The van der Waals surface area contributed by atoms with Gasteiger partial charge in [0.2, 0.25) is 0 Å². The molecule has 0 spiro atoms. The van der Waals surface area contributed by atoms with E-state index < -0.39 is 11.2 Å². The largest absolute Gasteiger partial charge is 0.616 e. The quantitative estimate of drug-likeness (QED) is 0.751. The minimum absolute atomic E-state index is 0.0291. The molecule has 2 fully saturated rings. The van der Waals surface area contributed by atoms with Crippen molar-refractivity contribution in [1.82, 2.24) is 5.32 Å². The van der Waals surface area contributed by atoms with Crippen LogP contribution in [0.3, 0.4) is 0 Å². The smallest absolute Gasteiger partial charge is 0.273 e. The van der Waals surface area contributed by atoms with Crippen LogP contribution in [-0.2, 0) is 16.0 Å². The molecule has 2 unspecified atom stereocenters.